The molecule has 0 spiro atoms. The number of hydrogen-bond donors (Lipinski definition) is 0. The van der Waals surface area contributed by atoms with Gasteiger partial charge in [0.2, 0.25) is 0 Å². The molecule has 0 aliphatic rings. The van der Waals surface area contributed by atoms with E-state index in [9.17, 15) is 17.6 Å². The predicted octanol–water partition coefficient (Wildman–Crippen LogP) is 13.1. The molecule has 5 aromatic carbocycles. The normalized spacial score (nSPS) is 11.6. The highest BCUT2D eigenvalue weighted by molar-refractivity contribution is 5.72. The molecule has 5 rings (SSSR count). The van der Waals surface area contributed by atoms with Crippen LogP contribution >= 0.6 is 0 Å². The molecule has 0 saturated heterocycles. The summed E-state index contributed by atoms with van der Waals surface area (Å²) in [7, 11) is 0. The van der Waals surface area contributed by atoms with Gasteiger partial charge in [-0.2, -0.15) is 8.78 Å². The van der Waals surface area contributed by atoms with E-state index in [4.69, 9.17) is 0 Å². The highest BCUT2D eigenvalue weighted by atomic mass is 19.3. The zero-order valence-corrected chi connectivity index (χ0v) is 27.0. The number of unbranched alkanes of at least 4 members (excludes halogenated alkanes) is 6. The van der Waals surface area contributed by atoms with E-state index in [-0.39, 0.29) is 11.1 Å². The second-order valence-electron chi connectivity index (χ2n) is 12.1. The van der Waals surface area contributed by atoms with Gasteiger partial charge in [-0.1, -0.05) is 81.8 Å². The fraction of sp³-hybridized carbons (Fsp3) is 0.250. The van der Waals surface area contributed by atoms with Gasteiger partial charge < -0.3 is 4.74 Å². The van der Waals surface area contributed by atoms with Gasteiger partial charge in [-0.25, -0.2) is 30.7 Å². The van der Waals surface area contributed by atoms with Crippen molar-refractivity contribution in [1.29, 1.82) is 0 Å². The summed E-state index contributed by atoms with van der Waals surface area (Å²) in [5.41, 5.74) is -0.897. The van der Waals surface area contributed by atoms with Crippen LogP contribution in [-0.2, 0) is 12.5 Å². The van der Waals surface area contributed by atoms with Crippen LogP contribution in [-0.4, -0.2) is 0 Å². The Labute approximate surface area is 284 Å². The fourth-order valence-corrected chi connectivity index (χ4v) is 5.79. The van der Waals surface area contributed by atoms with Crippen LogP contribution in [0.2, 0.25) is 0 Å². The molecule has 0 N–H and O–H groups in total. The molecule has 0 aliphatic heterocycles. The van der Waals surface area contributed by atoms with Crippen molar-refractivity contribution in [3.8, 4) is 39.1 Å². The van der Waals surface area contributed by atoms with Crippen LogP contribution in [0, 0.1) is 40.7 Å². The van der Waals surface area contributed by atoms with Crippen molar-refractivity contribution < 1.29 is 44.3 Å². The van der Waals surface area contributed by atoms with Crippen molar-refractivity contribution in [1.82, 2.24) is 0 Å². The smallest absolute Gasteiger partial charge is 0.429 e. The summed E-state index contributed by atoms with van der Waals surface area (Å²) in [6.45, 7) is 2.19. The first-order valence-electron chi connectivity index (χ1n) is 16.3. The van der Waals surface area contributed by atoms with Crippen LogP contribution in [0.5, 0.6) is 5.75 Å². The van der Waals surface area contributed by atoms with Crippen LogP contribution in [0.4, 0.5) is 39.5 Å². The average molecular weight is 701 g/mol. The van der Waals surface area contributed by atoms with Crippen molar-refractivity contribution in [2.24, 2.45) is 0 Å². The molecule has 0 saturated carbocycles. The summed E-state index contributed by atoms with van der Waals surface area (Å²) >= 11 is 0. The zero-order valence-electron chi connectivity index (χ0n) is 27.0. The Morgan fingerprint density at radius 1 is 0.480 bits per heavy atom. The standard InChI is InChI=1S/C40H33F9O/c1-2-3-4-5-6-7-8-9-24-10-12-25(13-11-24)26-14-16-30(32(41)18-26)27-19-34(43)38(35(44)20-27)40(48,49)50-29-15-17-31(33(42)23-29)28-21-36(45)39(47)37(46)22-28/h10-23H,2-9H2,1H3. The number of ether oxygens (including phenoxy) is 1. The Morgan fingerprint density at radius 2 is 0.960 bits per heavy atom. The van der Waals surface area contributed by atoms with Crippen molar-refractivity contribution in [2.45, 2.75) is 64.4 Å². The number of benzene rings is 5. The lowest BCUT2D eigenvalue weighted by Crippen LogP contribution is -2.25. The second-order valence-corrected chi connectivity index (χ2v) is 12.1. The second kappa shape index (κ2) is 15.9. The molecular formula is C40H33F9O. The van der Waals surface area contributed by atoms with E-state index < -0.39 is 69.3 Å². The highest BCUT2D eigenvalue weighted by Crippen LogP contribution is 2.39. The van der Waals surface area contributed by atoms with Crippen LogP contribution < -0.4 is 4.74 Å². The monoisotopic (exact) mass is 700 g/mol. The lowest BCUT2D eigenvalue weighted by molar-refractivity contribution is -0.189. The Bertz CT molecular complexity index is 1910. The van der Waals surface area contributed by atoms with E-state index in [1.54, 1.807) is 6.07 Å². The van der Waals surface area contributed by atoms with Crippen LogP contribution in [0.15, 0.2) is 84.9 Å². The molecule has 0 radical (unpaired) electrons. The minimum atomic E-state index is -4.67. The first-order valence-corrected chi connectivity index (χ1v) is 16.3. The van der Waals surface area contributed by atoms with Crippen LogP contribution in [0.25, 0.3) is 33.4 Å². The summed E-state index contributed by atoms with van der Waals surface area (Å²) < 4.78 is 135. The maximum absolute atomic E-state index is 15.2. The number of aryl methyl sites for hydroxylation is 1. The maximum atomic E-state index is 15.2. The zero-order chi connectivity index (χ0) is 36.0. The Morgan fingerprint density at radius 3 is 1.52 bits per heavy atom. The molecule has 262 valence electrons. The highest BCUT2D eigenvalue weighted by Gasteiger charge is 2.41. The molecule has 0 aliphatic carbocycles. The van der Waals surface area contributed by atoms with Gasteiger partial charge in [0.1, 0.15) is 34.6 Å². The van der Waals surface area contributed by atoms with E-state index in [2.05, 4.69) is 11.7 Å². The summed E-state index contributed by atoms with van der Waals surface area (Å²) in [5.74, 6) is -11.5. The van der Waals surface area contributed by atoms with E-state index in [0.29, 0.717) is 35.9 Å². The quantitative estimate of drug-likeness (QED) is 0.0637. The van der Waals surface area contributed by atoms with Gasteiger partial charge in [0, 0.05) is 17.2 Å². The van der Waals surface area contributed by atoms with Crippen molar-refractivity contribution in [3.63, 3.8) is 0 Å². The summed E-state index contributed by atoms with van der Waals surface area (Å²) in [6, 6.07) is 15.8. The lowest BCUT2D eigenvalue weighted by atomic mass is 9.97. The van der Waals surface area contributed by atoms with Gasteiger partial charge in [-0.3, -0.25) is 0 Å². The molecule has 0 unspecified atom stereocenters. The molecule has 0 heterocycles. The first kappa shape index (κ1) is 36.5. The van der Waals surface area contributed by atoms with Gasteiger partial charge in [0.25, 0.3) is 0 Å². The van der Waals surface area contributed by atoms with Gasteiger partial charge in [-0.05, 0) is 83.1 Å². The van der Waals surface area contributed by atoms with E-state index in [0.717, 1.165) is 42.5 Å². The molecule has 0 amide bonds. The molecule has 5 aromatic rings. The van der Waals surface area contributed by atoms with Crippen molar-refractivity contribution >= 4 is 0 Å². The third kappa shape index (κ3) is 8.52. The van der Waals surface area contributed by atoms with E-state index in [1.807, 2.05) is 24.3 Å². The summed E-state index contributed by atoms with van der Waals surface area (Å²) in [6.07, 6.45) is 4.70. The molecular weight excluding hydrogens is 667 g/mol. The third-order valence-electron chi connectivity index (χ3n) is 8.45. The number of alkyl halides is 2. The fourth-order valence-electron chi connectivity index (χ4n) is 5.79. The van der Waals surface area contributed by atoms with Crippen LogP contribution in [0.3, 0.4) is 0 Å². The largest absolute Gasteiger partial charge is 0.432 e. The minimum absolute atomic E-state index is 0.232. The van der Waals surface area contributed by atoms with Gasteiger partial charge in [0.15, 0.2) is 17.5 Å². The molecule has 1 nitrogen and oxygen atoms in total. The van der Waals surface area contributed by atoms with Crippen molar-refractivity contribution in [3.05, 3.63) is 137 Å². The third-order valence-corrected chi connectivity index (χ3v) is 8.45. The maximum Gasteiger partial charge on any atom is 0.432 e. The Kier molecular flexibility index (Phi) is 11.6. The Hall–Kier alpha value is -4.73. The summed E-state index contributed by atoms with van der Waals surface area (Å²) in [4.78, 5) is 0. The number of halogens is 9. The summed E-state index contributed by atoms with van der Waals surface area (Å²) in [5, 5.41) is 0. The average Bonchev–Trinajstić information content (AvgIpc) is 3.06. The predicted molar refractivity (Wildman–Crippen MR) is 175 cm³/mol. The molecule has 0 atom stereocenters. The molecule has 10 heteroatoms. The van der Waals surface area contributed by atoms with Crippen molar-refractivity contribution in [2.75, 3.05) is 0 Å². The lowest BCUT2D eigenvalue weighted by Gasteiger charge is -2.20. The van der Waals surface area contributed by atoms with E-state index in [1.165, 1.54) is 44.2 Å². The van der Waals surface area contributed by atoms with Gasteiger partial charge in [-0.15, -0.1) is 0 Å². The molecule has 50 heavy (non-hydrogen) atoms. The molecule has 0 aromatic heterocycles. The number of hydrogen-bond acceptors (Lipinski definition) is 1. The molecule has 0 bridgehead atoms. The first-order chi connectivity index (χ1) is 23.9. The Balaban J connectivity index is 1.28. The number of rotatable bonds is 14. The van der Waals surface area contributed by atoms with Gasteiger partial charge in [0.05, 0.1) is 0 Å². The van der Waals surface area contributed by atoms with E-state index >= 15 is 22.0 Å². The molecule has 0 fully saturated rings. The topological polar surface area (TPSA) is 9.23 Å². The van der Waals surface area contributed by atoms with Crippen LogP contribution in [0.1, 0.15) is 63.0 Å². The SMILES string of the molecule is CCCCCCCCCc1ccc(-c2ccc(-c3cc(F)c(C(F)(F)Oc4ccc(-c5cc(F)c(F)c(F)c5)c(F)c4)c(F)c3)c(F)c2)cc1. The van der Waals surface area contributed by atoms with Gasteiger partial charge >= 0.3 is 6.11 Å². The minimum Gasteiger partial charge on any atom is -0.429 e.